The number of H-pyrrole nitrogens is 2. The smallest absolute Gasteiger partial charge is 0.407 e. The third-order valence-corrected chi connectivity index (χ3v) is 14.2. The third kappa shape index (κ3) is 8.31. The predicted molar refractivity (Wildman–Crippen MR) is 226 cm³/mol. The Balaban J connectivity index is 1.08. The average molecular weight is 807 g/mol. The number of rotatable bonds is 12. The molecule has 4 atom stereocenters. The number of benzene rings is 3. The molecular weight excluding hydrogens is 753 g/mol. The fourth-order valence-electron chi connectivity index (χ4n) is 8.61. The number of aromatic nitrogens is 4. The molecule has 5 aromatic rings. The Morgan fingerprint density at radius 1 is 0.810 bits per heavy atom. The second-order valence-corrected chi connectivity index (χ2v) is 21.3. The van der Waals surface area contributed by atoms with Crippen LogP contribution in [0.5, 0.6) is 0 Å². The van der Waals surface area contributed by atoms with Crippen LogP contribution < -0.4 is 10.6 Å². The summed E-state index contributed by atoms with van der Waals surface area (Å²) in [6.45, 7) is 9.15. The van der Waals surface area contributed by atoms with Gasteiger partial charge < -0.3 is 39.9 Å². The van der Waals surface area contributed by atoms with Crippen LogP contribution in [0.25, 0.3) is 44.2 Å². The van der Waals surface area contributed by atoms with Gasteiger partial charge in [0.15, 0.2) is 0 Å². The minimum Gasteiger partial charge on any atom is -0.453 e. The first-order valence-corrected chi connectivity index (χ1v) is 23.7. The van der Waals surface area contributed by atoms with Gasteiger partial charge in [-0.25, -0.2) is 19.6 Å². The molecule has 2 fully saturated rings. The van der Waals surface area contributed by atoms with Crippen molar-refractivity contribution in [1.82, 2.24) is 40.4 Å². The van der Waals surface area contributed by atoms with Gasteiger partial charge in [-0.2, -0.15) is 0 Å². The van der Waals surface area contributed by atoms with Crippen LogP contribution in [-0.4, -0.2) is 101 Å². The molecule has 2 saturated heterocycles. The maximum absolute atomic E-state index is 13.8. The average Bonchev–Trinajstić information content (AvgIpc) is 4.05. The van der Waals surface area contributed by atoms with Crippen molar-refractivity contribution >= 4 is 53.9 Å². The van der Waals surface area contributed by atoms with Gasteiger partial charge in [-0.1, -0.05) is 82.2 Å². The van der Waals surface area contributed by atoms with Gasteiger partial charge in [0.1, 0.15) is 23.7 Å². The molecule has 15 heteroatoms. The zero-order chi connectivity index (χ0) is 41.1. The molecule has 2 aliphatic rings. The first-order chi connectivity index (χ1) is 27.9. The number of imidazole rings is 2. The molecule has 4 heterocycles. The Labute approximate surface area is 339 Å². The number of ether oxygens (including phenoxy) is 2. The lowest BCUT2D eigenvalue weighted by molar-refractivity contribution is -0.135. The zero-order valence-electron chi connectivity index (χ0n) is 34.2. The van der Waals surface area contributed by atoms with Gasteiger partial charge in [0, 0.05) is 18.1 Å². The molecule has 0 saturated carbocycles. The molecule has 0 spiro atoms. The predicted octanol–water partition coefficient (Wildman–Crippen LogP) is 7.62. The first-order valence-electron chi connectivity index (χ1n) is 20.3. The van der Waals surface area contributed by atoms with Crippen molar-refractivity contribution in [3.63, 3.8) is 0 Å². The molecule has 14 nitrogen and oxygen atoms in total. The summed E-state index contributed by atoms with van der Waals surface area (Å²) in [6, 6.07) is 18.1. The van der Waals surface area contributed by atoms with E-state index in [0.29, 0.717) is 25.6 Å². The van der Waals surface area contributed by atoms with Crippen molar-refractivity contribution in [2.24, 2.45) is 0 Å². The first kappa shape index (κ1) is 40.5. The Kier molecular flexibility index (Phi) is 11.9. The highest BCUT2D eigenvalue weighted by Crippen LogP contribution is 2.39. The van der Waals surface area contributed by atoms with Gasteiger partial charge in [-0.15, -0.1) is 0 Å². The summed E-state index contributed by atoms with van der Waals surface area (Å²) >= 11 is 0. The molecule has 306 valence electrons. The van der Waals surface area contributed by atoms with Crippen LogP contribution in [-0.2, 0) is 19.1 Å². The summed E-state index contributed by atoms with van der Waals surface area (Å²) in [7, 11) is 0.869. The van der Waals surface area contributed by atoms with E-state index in [-0.39, 0.29) is 23.9 Å². The number of nitrogens with zero attached hydrogens (tertiary/aromatic N) is 4. The van der Waals surface area contributed by atoms with E-state index in [1.54, 1.807) is 0 Å². The van der Waals surface area contributed by atoms with E-state index in [9.17, 15) is 19.2 Å². The zero-order valence-corrected chi connectivity index (χ0v) is 35.2. The topological polar surface area (TPSA) is 175 Å². The largest absolute Gasteiger partial charge is 0.453 e. The van der Waals surface area contributed by atoms with E-state index < -0.39 is 32.3 Å². The number of aromatic amines is 2. The lowest BCUT2D eigenvalue weighted by Crippen LogP contribution is -2.49. The van der Waals surface area contributed by atoms with Gasteiger partial charge in [0.05, 0.1) is 57.3 Å². The van der Waals surface area contributed by atoms with Crippen LogP contribution in [0.2, 0.25) is 19.1 Å². The highest BCUT2D eigenvalue weighted by molar-refractivity contribution is 6.78. The monoisotopic (exact) mass is 806 g/mol. The molecular formula is C43H54N8O6Si. The van der Waals surface area contributed by atoms with Crippen LogP contribution in [0.15, 0.2) is 60.8 Å². The van der Waals surface area contributed by atoms with Gasteiger partial charge >= 0.3 is 12.2 Å². The second-order valence-electron chi connectivity index (χ2n) is 16.3. The number of carbonyl (C=O) groups excluding carboxylic acids is 4. The number of alkyl carbamates (subject to hydrolysis) is 2. The Hall–Kier alpha value is -5.70. The fourth-order valence-corrected chi connectivity index (χ4v) is 11.5. The van der Waals surface area contributed by atoms with Crippen molar-refractivity contribution in [2.45, 2.75) is 95.7 Å². The number of nitrogens with one attached hydrogen (secondary N) is 4. The van der Waals surface area contributed by atoms with E-state index in [0.717, 1.165) is 87.6 Å². The van der Waals surface area contributed by atoms with Gasteiger partial charge in [0.25, 0.3) is 0 Å². The summed E-state index contributed by atoms with van der Waals surface area (Å²) in [5.41, 5.74) is 5.76. The number of hydrogen-bond acceptors (Lipinski definition) is 8. The fraction of sp³-hybridized carbons (Fsp3) is 0.442. The molecule has 3 aromatic carbocycles. The molecule has 4 amide bonds. The van der Waals surface area contributed by atoms with Gasteiger partial charge in [0.2, 0.25) is 11.8 Å². The quantitative estimate of drug-likeness (QED) is 0.0932. The number of hydrogen-bond donors (Lipinski definition) is 4. The molecule has 0 radical (unpaired) electrons. The molecule has 0 aliphatic carbocycles. The van der Waals surface area contributed by atoms with Crippen LogP contribution in [0.3, 0.4) is 0 Å². The van der Waals surface area contributed by atoms with Crippen molar-refractivity contribution in [3.8, 4) is 22.4 Å². The highest BCUT2D eigenvalue weighted by Gasteiger charge is 2.45. The van der Waals surface area contributed by atoms with Crippen molar-refractivity contribution in [1.29, 1.82) is 0 Å². The number of carbonyl (C=O) groups is 4. The molecule has 4 N–H and O–H groups in total. The normalized spacial score (nSPS) is 18.7. The van der Waals surface area contributed by atoms with Crippen LogP contribution >= 0.6 is 0 Å². The van der Waals surface area contributed by atoms with Crippen LogP contribution in [0.1, 0.15) is 76.1 Å². The minimum absolute atomic E-state index is 0.0965. The second kappa shape index (κ2) is 17.0. The summed E-state index contributed by atoms with van der Waals surface area (Å²) < 4.78 is 9.59. The number of fused-ring (bicyclic) bond motifs is 3. The minimum atomic E-state index is -1.74. The van der Waals surface area contributed by atoms with E-state index in [1.165, 1.54) is 14.2 Å². The molecule has 0 bridgehead atoms. The van der Waals surface area contributed by atoms with E-state index >= 15 is 0 Å². The number of amides is 4. The molecule has 0 unspecified atom stereocenters. The Morgan fingerprint density at radius 3 is 2.10 bits per heavy atom. The molecule has 7 rings (SSSR count). The van der Waals surface area contributed by atoms with Crippen LogP contribution in [0.4, 0.5) is 9.59 Å². The molecule has 2 aromatic heterocycles. The number of likely N-dealkylation sites (tertiary alicyclic amines) is 1. The maximum atomic E-state index is 13.8. The van der Waals surface area contributed by atoms with Crippen molar-refractivity contribution < 1.29 is 28.7 Å². The Morgan fingerprint density at radius 2 is 1.45 bits per heavy atom. The Bertz CT molecular complexity index is 2300. The molecule has 2 aliphatic heterocycles. The van der Waals surface area contributed by atoms with Crippen molar-refractivity contribution in [2.75, 3.05) is 26.9 Å². The summed E-state index contributed by atoms with van der Waals surface area (Å²) in [5.74, 6) is 1.29. The lowest BCUT2D eigenvalue weighted by Gasteiger charge is -2.28. The number of methoxy groups -OCH3 is 2. The van der Waals surface area contributed by atoms with E-state index in [1.807, 2.05) is 35.9 Å². The maximum Gasteiger partial charge on any atom is 0.407 e. The highest BCUT2D eigenvalue weighted by atomic mass is 28.3. The third-order valence-electron chi connectivity index (χ3n) is 11.5. The van der Waals surface area contributed by atoms with E-state index in [2.05, 4.69) is 82.2 Å². The van der Waals surface area contributed by atoms with Gasteiger partial charge in [-0.3, -0.25) is 9.59 Å². The standard InChI is InChI=1S/C43H54N8O6Si/c1-7-10-32(47-42(54)56-3)40(52)50-21-9-12-35(50)39-45-31-20-18-29-22-28(17-19-30(29)37(31)49-39)26-13-15-27(16-14-26)34-23-44-38(46-34)36-24-58(5,6)25-51(36)41(53)33(11-8-2)48-43(55)57-4/h13-20,22-23,32-33,35-36H,7-12,21,24-25H2,1-6H3,(H,44,46)(H,45,49)(H,47,54)(H,48,55)/t32-,33-,35+,36-/m0/s1. The van der Waals surface area contributed by atoms with E-state index in [4.69, 9.17) is 19.4 Å². The molecule has 58 heavy (non-hydrogen) atoms. The van der Waals surface area contributed by atoms with Gasteiger partial charge in [-0.05, 0) is 65.9 Å². The van der Waals surface area contributed by atoms with Crippen molar-refractivity contribution in [3.05, 3.63) is 72.4 Å². The summed E-state index contributed by atoms with van der Waals surface area (Å²) in [4.78, 5) is 72.1. The summed E-state index contributed by atoms with van der Waals surface area (Å²) in [5, 5.41) is 7.53. The SMILES string of the molecule is CCC[C@H](NC(=O)OC)C(=O)N1CCC[C@@H]1c1nc2c(ccc3cc(-c4ccc(-c5cnc([C@@H]6C[Si](C)(C)CN6C(=O)[C@H](CCC)NC(=O)OC)[nH]5)cc4)ccc32)[nH]1. The van der Waals surface area contributed by atoms with Crippen LogP contribution in [0, 0.1) is 0 Å². The summed E-state index contributed by atoms with van der Waals surface area (Å²) in [6.07, 6.45) is 5.50. The lowest BCUT2D eigenvalue weighted by atomic mass is 9.99.